The number of amides is 2. The van der Waals surface area contributed by atoms with Crippen molar-refractivity contribution in [3.05, 3.63) is 54.8 Å². The van der Waals surface area contributed by atoms with Crippen molar-refractivity contribution in [2.75, 3.05) is 11.5 Å². The molecule has 0 bridgehead atoms. The van der Waals surface area contributed by atoms with Gasteiger partial charge in [-0.25, -0.2) is 9.88 Å². The first-order valence-corrected chi connectivity index (χ1v) is 6.53. The zero-order chi connectivity index (χ0) is 14.8. The molecule has 1 aliphatic rings. The highest BCUT2D eigenvalue weighted by atomic mass is 16.5. The van der Waals surface area contributed by atoms with Gasteiger partial charge in [0.1, 0.15) is 0 Å². The van der Waals surface area contributed by atoms with Gasteiger partial charge >= 0.3 is 5.91 Å². The summed E-state index contributed by atoms with van der Waals surface area (Å²) in [6.45, 7) is 2.07. The lowest BCUT2D eigenvalue weighted by atomic mass is 10.3. The fraction of sp³-hybridized carbons (Fsp3) is 0.133. The number of aromatic nitrogens is 2. The van der Waals surface area contributed by atoms with Crippen LogP contribution in [0.5, 0.6) is 0 Å². The van der Waals surface area contributed by atoms with Crippen molar-refractivity contribution in [1.82, 2.24) is 9.55 Å². The van der Waals surface area contributed by atoms with E-state index in [-0.39, 0.29) is 11.5 Å². The van der Waals surface area contributed by atoms with Crippen LogP contribution in [0, 0.1) is 0 Å². The maximum atomic E-state index is 12.6. The second kappa shape index (κ2) is 5.24. The summed E-state index contributed by atoms with van der Waals surface area (Å²) in [5, 5.41) is 0. The third-order valence-electron chi connectivity index (χ3n) is 3.08. The predicted octanol–water partition coefficient (Wildman–Crippen LogP) is 1.66. The summed E-state index contributed by atoms with van der Waals surface area (Å²) in [6.07, 6.45) is 4.61. The molecule has 2 heterocycles. The standard InChI is InChI=1S/C15H13N3O3/c1-2-21-13-12(17-9-8-16-10-17)14(19)18(15(13)20)11-6-4-3-5-7-11/h3-10H,2H2,1H3. The SMILES string of the molecule is CCOC1=C(n2ccnc2)C(=O)N(c2ccccc2)C1=O. The lowest BCUT2D eigenvalue weighted by Crippen LogP contribution is -2.32. The second-order valence-electron chi connectivity index (χ2n) is 4.36. The van der Waals surface area contributed by atoms with Crippen molar-refractivity contribution in [2.24, 2.45) is 0 Å². The van der Waals surface area contributed by atoms with Crippen LogP contribution in [0.4, 0.5) is 5.69 Å². The Labute approximate surface area is 121 Å². The molecule has 1 aliphatic heterocycles. The van der Waals surface area contributed by atoms with Gasteiger partial charge in [0.25, 0.3) is 5.91 Å². The Morgan fingerprint density at radius 3 is 2.52 bits per heavy atom. The Morgan fingerprint density at radius 2 is 1.90 bits per heavy atom. The van der Waals surface area contributed by atoms with E-state index in [4.69, 9.17) is 4.74 Å². The van der Waals surface area contributed by atoms with Crippen LogP contribution in [0.3, 0.4) is 0 Å². The molecule has 0 spiro atoms. The molecular formula is C15H13N3O3. The maximum Gasteiger partial charge on any atom is 0.302 e. The number of ether oxygens (including phenoxy) is 1. The summed E-state index contributed by atoms with van der Waals surface area (Å²) in [5.41, 5.74) is 0.697. The number of benzene rings is 1. The van der Waals surface area contributed by atoms with Gasteiger partial charge in [0.05, 0.1) is 18.6 Å². The molecule has 6 heteroatoms. The highest BCUT2D eigenvalue weighted by Crippen LogP contribution is 2.29. The largest absolute Gasteiger partial charge is 0.486 e. The van der Waals surface area contributed by atoms with Crippen molar-refractivity contribution >= 4 is 23.2 Å². The summed E-state index contributed by atoms with van der Waals surface area (Å²) in [4.78, 5) is 30.1. The van der Waals surface area contributed by atoms with E-state index in [2.05, 4.69) is 4.98 Å². The zero-order valence-electron chi connectivity index (χ0n) is 11.4. The minimum absolute atomic E-state index is 0.0457. The van der Waals surface area contributed by atoms with E-state index in [1.807, 2.05) is 6.07 Å². The average molecular weight is 283 g/mol. The first-order chi connectivity index (χ1) is 10.2. The summed E-state index contributed by atoms with van der Waals surface area (Å²) < 4.78 is 6.89. The Kier molecular flexibility index (Phi) is 3.27. The monoisotopic (exact) mass is 283 g/mol. The van der Waals surface area contributed by atoms with Gasteiger partial charge in [-0.1, -0.05) is 18.2 Å². The lowest BCUT2D eigenvalue weighted by Gasteiger charge is -2.14. The number of hydrogen-bond acceptors (Lipinski definition) is 4. The number of rotatable bonds is 4. The van der Waals surface area contributed by atoms with Crippen molar-refractivity contribution < 1.29 is 14.3 Å². The third-order valence-corrected chi connectivity index (χ3v) is 3.08. The molecule has 0 radical (unpaired) electrons. The first-order valence-electron chi connectivity index (χ1n) is 6.53. The van der Waals surface area contributed by atoms with Crippen molar-refractivity contribution in [1.29, 1.82) is 0 Å². The number of nitrogens with zero attached hydrogens (tertiary/aromatic N) is 3. The Bertz CT molecular complexity index is 705. The molecule has 0 N–H and O–H groups in total. The molecule has 1 aromatic carbocycles. The van der Waals surface area contributed by atoms with Crippen LogP contribution in [0.1, 0.15) is 6.92 Å². The summed E-state index contributed by atoms with van der Waals surface area (Å²) in [5.74, 6) is -0.839. The minimum atomic E-state index is -0.461. The molecule has 6 nitrogen and oxygen atoms in total. The Hall–Kier alpha value is -2.89. The summed E-state index contributed by atoms with van der Waals surface area (Å²) >= 11 is 0. The van der Waals surface area contributed by atoms with E-state index in [0.29, 0.717) is 12.3 Å². The topological polar surface area (TPSA) is 64.4 Å². The number of hydrogen-bond donors (Lipinski definition) is 0. The van der Waals surface area contributed by atoms with E-state index >= 15 is 0 Å². The van der Waals surface area contributed by atoms with E-state index in [1.54, 1.807) is 43.6 Å². The Balaban J connectivity index is 2.08. The molecule has 0 unspecified atom stereocenters. The molecule has 2 aromatic rings. The van der Waals surface area contributed by atoms with Crippen LogP contribution < -0.4 is 4.90 Å². The summed E-state index contributed by atoms with van der Waals surface area (Å²) in [6, 6.07) is 8.77. The van der Waals surface area contributed by atoms with Gasteiger partial charge in [0.15, 0.2) is 5.70 Å². The second-order valence-corrected chi connectivity index (χ2v) is 4.36. The van der Waals surface area contributed by atoms with E-state index < -0.39 is 11.8 Å². The number of anilines is 1. The molecule has 3 rings (SSSR count). The van der Waals surface area contributed by atoms with Crippen molar-refractivity contribution in [3.8, 4) is 0 Å². The predicted molar refractivity (Wildman–Crippen MR) is 76.0 cm³/mol. The highest BCUT2D eigenvalue weighted by molar-refractivity contribution is 6.42. The molecule has 21 heavy (non-hydrogen) atoms. The van der Waals surface area contributed by atoms with Crippen molar-refractivity contribution in [2.45, 2.75) is 6.92 Å². The minimum Gasteiger partial charge on any atom is -0.486 e. The van der Waals surface area contributed by atoms with Gasteiger partial charge in [-0.05, 0) is 19.1 Å². The van der Waals surface area contributed by atoms with Gasteiger partial charge in [-0.2, -0.15) is 0 Å². The molecule has 0 fully saturated rings. The molecule has 1 aromatic heterocycles. The van der Waals surface area contributed by atoms with Crippen LogP contribution in [-0.2, 0) is 14.3 Å². The number of carbonyl (C=O) groups excluding carboxylic acids is 2. The van der Waals surface area contributed by atoms with Gasteiger partial charge in [0.2, 0.25) is 5.76 Å². The van der Waals surface area contributed by atoms with Gasteiger partial charge in [-0.15, -0.1) is 0 Å². The quantitative estimate of drug-likeness (QED) is 0.800. The number of imide groups is 1. The maximum absolute atomic E-state index is 12.6. The molecule has 0 saturated carbocycles. The average Bonchev–Trinajstić information content (AvgIpc) is 3.09. The van der Waals surface area contributed by atoms with Crippen LogP contribution in [0.2, 0.25) is 0 Å². The smallest absolute Gasteiger partial charge is 0.302 e. The van der Waals surface area contributed by atoms with Gasteiger partial charge in [0, 0.05) is 12.4 Å². The van der Waals surface area contributed by atoms with E-state index in [1.165, 1.54) is 10.9 Å². The number of carbonyl (C=O) groups is 2. The summed E-state index contributed by atoms with van der Waals surface area (Å²) in [7, 11) is 0. The molecular weight excluding hydrogens is 270 g/mol. The van der Waals surface area contributed by atoms with Gasteiger partial charge < -0.3 is 4.74 Å². The van der Waals surface area contributed by atoms with Crippen LogP contribution in [-0.4, -0.2) is 28.0 Å². The van der Waals surface area contributed by atoms with Crippen LogP contribution in [0.25, 0.3) is 5.70 Å². The first kappa shape index (κ1) is 13.1. The van der Waals surface area contributed by atoms with E-state index in [9.17, 15) is 9.59 Å². The molecule has 2 amide bonds. The molecule has 0 atom stereocenters. The highest BCUT2D eigenvalue weighted by Gasteiger charge is 2.41. The van der Waals surface area contributed by atoms with Gasteiger partial charge in [-0.3, -0.25) is 14.2 Å². The molecule has 0 saturated heterocycles. The normalized spacial score (nSPS) is 15.0. The van der Waals surface area contributed by atoms with E-state index in [0.717, 1.165) is 4.90 Å². The van der Waals surface area contributed by atoms with Crippen LogP contribution in [0.15, 0.2) is 54.8 Å². The number of para-hydroxylation sites is 1. The molecule has 0 aliphatic carbocycles. The van der Waals surface area contributed by atoms with Crippen molar-refractivity contribution in [3.63, 3.8) is 0 Å². The molecule has 106 valence electrons. The fourth-order valence-electron chi connectivity index (χ4n) is 2.20. The fourth-order valence-corrected chi connectivity index (χ4v) is 2.20. The third kappa shape index (κ3) is 2.10. The number of imidazole rings is 1. The Morgan fingerprint density at radius 1 is 1.14 bits per heavy atom. The zero-order valence-corrected chi connectivity index (χ0v) is 11.4. The van der Waals surface area contributed by atoms with Crippen LogP contribution >= 0.6 is 0 Å². The lowest BCUT2D eigenvalue weighted by molar-refractivity contribution is -0.121.